The molecule has 0 atom stereocenters. The minimum Gasteiger partial charge on any atom is -0.340 e. The maximum atomic E-state index is 12.2. The summed E-state index contributed by atoms with van der Waals surface area (Å²) in [5.41, 5.74) is 0.642. The molecule has 0 aromatic heterocycles. The Morgan fingerprint density at radius 3 is 2.72 bits per heavy atom. The van der Waals surface area contributed by atoms with E-state index in [9.17, 15) is 14.9 Å². The highest BCUT2D eigenvalue weighted by Crippen LogP contribution is 2.23. The molecule has 0 radical (unpaired) electrons. The second-order valence-corrected chi connectivity index (χ2v) is 4.06. The number of carbonyl (C=O) groups excluding carboxylic acids is 1. The van der Waals surface area contributed by atoms with Gasteiger partial charge in [0.2, 0.25) is 0 Å². The lowest BCUT2D eigenvalue weighted by atomic mass is 10.1. The van der Waals surface area contributed by atoms with Crippen molar-refractivity contribution in [1.29, 1.82) is 0 Å². The molecule has 1 rings (SSSR count). The number of hydrogen-bond donors (Lipinski definition) is 1. The number of nitrogens with zero attached hydrogens (tertiary/aromatic N) is 2. The van der Waals surface area contributed by atoms with E-state index in [-0.39, 0.29) is 17.2 Å². The van der Waals surface area contributed by atoms with E-state index < -0.39 is 4.92 Å². The minimum atomic E-state index is -0.522. The van der Waals surface area contributed by atoms with Gasteiger partial charge in [-0.15, -0.1) is 0 Å². The molecule has 1 N–H and O–H groups in total. The Kier molecular flexibility index (Phi) is 4.79. The number of nitro benzene ring substituents is 1. The smallest absolute Gasteiger partial charge is 0.282 e. The molecule has 18 heavy (non-hydrogen) atoms. The molecule has 98 valence electrons. The molecule has 0 aliphatic rings. The van der Waals surface area contributed by atoms with Gasteiger partial charge in [-0.3, -0.25) is 14.9 Å². The van der Waals surface area contributed by atoms with E-state index in [1.807, 2.05) is 0 Å². The number of likely N-dealkylation sites (N-methyl/N-ethyl adjacent to an activating group) is 2. The lowest BCUT2D eigenvalue weighted by Gasteiger charge is -2.17. The van der Waals surface area contributed by atoms with Crippen LogP contribution in [0.1, 0.15) is 15.9 Å². The van der Waals surface area contributed by atoms with E-state index in [1.54, 1.807) is 33.2 Å². The van der Waals surface area contributed by atoms with Crippen molar-refractivity contribution in [2.24, 2.45) is 0 Å². The predicted octanol–water partition coefficient (Wildman–Crippen LogP) is 1.19. The Bertz CT molecular complexity index is 460. The SMILES string of the molecule is CNCCN(C)C(=O)c1c(C)cccc1[N+](=O)[O-]. The third-order valence-electron chi connectivity index (χ3n) is 2.71. The average Bonchev–Trinajstić information content (AvgIpc) is 2.34. The molecule has 1 amide bonds. The number of aryl methyl sites for hydroxylation is 1. The standard InChI is InChI=1S/C12H17N3O3/c1-9-5-4-6-10(15(17)18)11(9)12(16)14(3)8-7-13-2/h4-6,13H,7-8H2,1-3H3. The monoisotopic (exact) mass is 251 g/mol. The summed E-state index contributed by atoms with van der Waals surface area (Å²) in [5.74, 6) is -0.324. The van der Waals surface area contributed by atoms with Crippen molar-refractivity contribution in [2.75, 3.05) is 27.2 Å². The summed E-state index contributed by atoms with van der Waals surface area (Å²) in [7, 11) is 3.42. The highest BCUT2D eigenvalue weighted by Gasteiger charge is 2.24. The zero-order valence-corrected chi connectivity index (χ0v) is 10.8. The van der Waals surface area contributed by atoms with E-state index in [2.05, 4.69) is 5.32 Å². The zero-order valence-electron chi connectivity index (χ0n) is 10.8. The van der Waals surface area contributed by atoms with Crippen molar-refractivity contribution in [1.82, 2.24) is 10.2 Å². The molecule has 6 heteroatoms. The van der Waals surface area contributed by atoms with Gasteiger partial charge in [0.25, 0.3) is 11.6 Å². The molecule has 0 fully saturated rings. The van der Waals surface area contributed by atoms with Crippen LogP contribution in [0.4, 0.5) is 5.69 Å². The van der Waals surface area contributed by atoms with Gasteiger partial charge in [0.15, 0.2) is 0 Å². The summed E-state index contributed by atoms with van der Waals surface area (Å²) in [4.78, 5) is 24.1. The Balaban J connectivity index is 3.08. The Morgan fingerprint density at radius 1 is 1.50 bits per heavy atom. The first-order chi connectivity index (χ1) is 8.49. The number of nitrogens with one attached hydrogen (secondary N) is 1. The Morgan fingerprint density at radius 2 is 2.17 bits per heavy atom. The maximum Gasteiger partial charge on any atom is 0.282 e. The summed E-state index contributed by atoms with van der Waals surface area (Å²) in [5, 5.41) is 13.9. The normalized spacial score (nSPS) is 10.2. The number of carbonyl (C=O) groups is 1. The predicted molar refractivity (Wildman–Crippen MR) is 68.7 cm³/mol. The highest BCUT2D eigenvalue weighted by atomic mass is 16.6. The fourth-order valence-electron chi connectivity index (χ4n) is 1.65. The van der Waals surface area contributed by atoms with Gasteiger partial charge >= 0.3 is 0 Å². The van der Waals surface area contributed by atoms with Crippen LogP contribution >= 0.6 is 0 Å². The van der Waals surface area contributed by atoms with Crippen LogP contribution in [0.25, 0.3) is 0 Å². The second kappa shape index (κ2) is 6.11. The molecule has 0 saturated heterocycles. The van der Waals surface area contributed by atoms with Crippen LogP contribution in [0.5, 0.6) is 0 Å². The second-order valence-electron chi connectivity index (χ2n) is 4.06. The van der Waals surface area contributed by atoms with Gasteiger partial charge in [-0.1, -0.05) is 12.1 Å². The molecule has 0 aliphatic heterocycles. The Labute approximate surface area is 106 Å². The molecule has 0 aliphatic carbocycles. The molecule has 1 aromatic rings. The van der Waals surface area contributed by atoms with E-state index >= 15 is 0 Å². The Hall–Kier alpha value is -1.95. The molecule has 0 unspecified atom stereocenters. The lowest BCUT2D eigenvalue weighted by Crippen LogP contribution is -2.33. The van der Waals surface area contributed by atoms with Crippen LogP contribution in [0.3, 0.4) is 0 Å². The summed E-state index contributed by atoms with van der Waals surface area (Å²) >= 11 is 0. The van der Waals surface area contributed by atoms with E-state index in [0.717, 1.165) is 0 Å². The van der Waals surface area contributed by atoms with E-state index in [4.69, 9.17) is 0 Å². The summed E-state index contributed by atoms with van der Waals surface area (Å²) in [6.45, 7) is 2.84. The van der Waals surface area contributed by atoms with Gasteiger partial charge in [0, 0.05) is 26.2 Å². The number of rotatable bonds is 5. The summed E-state index contributed by atoms with van der Waals surface area (Å²) in [6.07, 6.45) is 0. The topological polar surface area (TPSA) is 75.5 Å². The van der Waals surface area contributed by atoms with Gasteiger partial charge in [0.05, 0.1) is 4.92 Å². The van der Waals surface area contributed by atoms with Gasteiger partial charge < -0.3 is 10.2 Å². The van der Waals surface area contributed by atoms with Gasteiger partial charge in [0.1, 0.15) is 5.56 Å². The average molecular weight is 251 g/mol. The van der Waals surface area contributed by atoms with Crippen molar-refractivity contribution < 1.29 is 9.72 Å². The first-order valence-corrected chi connectivity index (χ1v) is 5.63. The molecule has 0 heterocycles. The lowest BCUT2D eigenvalue weighted by molar-refractivity contribution is -0.385. The van der Waals surface area contributed by atoms with E-state index in [0.29, 0.717) is 18.7 Å². The molecule has 0 spiro atoms. The summed E-state index contributed by atoms with van der Waals surface area (Å²) in [6, 6.07) is 4.64. The van der Waals surface area contributed by atoms with Crippen molar-refractivity contribution in [3.05, 3.63) is 39.4 Å². The minimum absolute atomic E-state index is 0.142. The first-order valence-electron chi connectivity index (χ1n) is 5.63. The molecule has 1 aromatic carbocycles. The molecule has 0 saturated carbocycles. The van der Waals surface area contributed by atoms with Crippen molar-refractivity contribution in [3.8, 4) is 0 Å². The van der Waals surface area contributed by atoms with Crippen LogP contribution in [0.15, 0.2) is 18.2 Å². The van der Waals surface area contributed by atoms with Gasteiger partial charge in [-0.05, 0) is 19.5 Å². The molecular formula is C12H17N3O3. The van der Waals surface area contributed by atoms with Crippen LogP contribution in [-0.4, -0.2) is 42.9 Å². The molecule has 6 nitrogen and oxygen atoms in total. The third kappa shape index (κ3) is 3.04. The van der Waals surface area contributed by atoms with Crippen LogP contribution in [0.2, 0.25) is 0 Å². The number of nitro groups is 1. The largest absolute Gasteiger partial charge is 0.340 e. The number of hydrogen-bond acceptors (Lipinski definition) is 4. The van der Waals surface area contributed by atoms with Gasteiger partial charge in [-0.2, -0.15) is 0 Å². The fraction of sp³-hybridized carbons (Fsp3) is 0.417. The highest BCUT2D eigenvalue weighted by molar-refractivity contribution is 5.99. The quantitative estimate of drug-likeness (QED) is 0.630. The molecule has 0 bridgehead atoms. The van der Waals surface area contributed by atoms with Crippen LogP contribution in [0, 0.1) is 17.0 Å². The fourth-order valence-corrected chi connectivity index (χ4v) is 1.65. The van der Waals surface area contributed by atoms with Crippen molar-refractivity contribution in [2.45, 2.75) is 6.92 Å². The maximum absolute atomic E-state index is 12.2. The van der Waals surface area contributed by atoms with E-state index in [1.165, 1.54) is 11.0 Å². The first kappa shape index (κ1) is 14.1. The van der Waals surface area contributed by atoms with Gasteiger partial charge in [-0.25, -0.2) is 0 Å². The molecular weight excluding hydrogens is 234 g/mol. The number of benzene rings is 1. The van der Waals surface area contributed by atoms with Crippen molar-refractivity contribution in [3.63, 3.8) is 0 Å². The van der Waals surface area contributed by atoms with Crippen molar-refractivity contribution >= 4 is 11.6 Å². The van der Waals surface area contributed by atoms with Crippen LogP contribution < -0.4 is 5.32 Å². The zero-order chi connectivity index (χ0) is 13.7. The summed E-state index contributed by atoms with van der Waals surface area (Å²) < 4.78 is 0. The van der Waals surface area contributed by atoms with Crippen LogP contribution in [-0.2, 0) is 0 Å². The third-order valence-corrected chi connectivity index (χ3v) is 2.71. The number of amides is 1.